The number of ether oxygens (including phenoxy) is 2. The Balaban J connectivity index is 2.25. The van der Waals surface area contributed by atoms with E-state index in [0.717, 1.165) is 10.2 Å². The van der Waals surface area contributed by atoms with Crippen molar-refractivity contribution in [3.05, 3.63) is 46.9 Å². The van der Waals surface area contributed by atoms with E-state index in [-0.39, 0.29) is 0 Å². The third kappa shape index (κ3) is 3.17. The first-order valence-electron chi connectivity index (χ1n) is 5.65. The summed E-state index contributed by atoms with van der Waals surface area (Å²) in [6.07, 6.45) is 0. The maximum Gasteiger partial charge on any atom is 0.169 e. The Kier molecular flexibility index (Phi) is 4.10. The third-order valence-electron chi connectivity index (χ3n) is 2.31. The Bertz CT molecular complexity index is 526. The molecule has 0 unspecified atom stereocenters. The number of nitrogens with two attached hydrogens (primary N) is 1. The van der Waals surface area contributed by atoms with Crippen LogP contribution >= 0.6 is 15.9 Å². The molecule has 18 heavy (non-hydrogen) atoms. The molecule has 0 heterocycles. The zero-order valence-corrected chi connectivity index (χ0v) is 11.6. The van der Waals surface area contributed by atoms with Crippen LogP contribution in [0.5, 0.6) is 17.2 Å². The highest BCUT2D eigenvalue weighted by atomic mass is 79.9. The lowest BCUT2D eigenvalue weighted by Crippen LogP contribution is -1.95. The molecule has 0 aliphatic carbocycles. The van der Waals surface area contributed by atoms with Crippen LogP contribution in [0.3, 0.4) is 0 Å². The Hall–Kier alpha value is -1.68. The molecular weight excluding hydrogens is 294 g/mol. The molecule has 0 fully saturated rings. The van der Waals surface area contributed by atoms with Gasteiger partial charge in [0.25, 0.3) is 0 Å². The van der Waals surface area contributed by atoms with Gasteiger partial charge in [0.1, 0.15) is 5.75 Å². The molecule has 0 amide bonds. The van der Waals surface area contributed by atoms with Gasteiger partial charge in [0.2, 0.25) is 0 Å². The summed E-state index contributed by atoms with van der Waals surface area (Å²) in [6, 6.07) is 12.9. The first-order chi connectivity index (χ1) is 8.69. The van der Waals surface area contributed by atoms with Gasteiger partial charge in [-0.05, 0) is 49.4 Å². The minimum atomic E-state index is 0.592. The van der Waals surface area contributed by atoms with Gasteiger partial charge in [-0.2, -0.15) is 0 Å². The second kappa shape index (κ2) is 5.78. The lowest BCUT2D eigenvalue weighted by molar-refractivity contribution is 0.321. The van der Waals surface area contributed by atoms with Crippen molar-refractivity contribution in [2.45, 2.75) is 6.92 Å². The lowest BCUT2D eigenvalue weighted by Gasteiger charge is -2.12. The lowest BCUT2D eigenvalue weighted by atomic mass is 10.3. The van der Waals surface area contributed by atoms with Crippen LogP contribution in [0.25, 0.3) is 0 Å². The average Bonchev–Trinajstić information content (AvgIpc) is 2.36. The van der Waals surface area contributed by atoms with Gasteiger partial charge < -0.3 is 15.2 Å². The number of anilines is 1. The van der Waals surface area contributed by atoms with E-state index in [1.165, 1.54) is 0 Å². The Labute approximate surface area is 115 Å². The summed E-state index contributed by atoms with van der Waals surface area (Å²) in [6.45, 7) is 2.53. The summed E-state index contributed by atoms with van der Waals surface area (Å²) in [4.78, 5) is 0. The van der Waals surface area contributed by atoms with Crippen molar-refractivity contribution < 1.29 is 9.47 Å². The van der Waals surface area contributed by atoms with Crippen molar-refractivity contribution in [2.75, 3.05) is 12.3 Å². The predicted molar refractivity (Wildman–Crippen MR) is 76.2 cm³/mol. The SMILES string of the molecule is CCOc1cc(Br)ccc1Oc1ccc(N)cc1. The summed E-state index contributed by atoms with van der Waals surface area (Å²) in [7, 11) is 0. The molecule has 0 atom stereocenters. The Morgan fingerprint density at radius 1 is 1.06 bits per heavy atom. The van der Waals surface area contributed by atoms with Gasteiger partial charge in [0.15, 0.2) is 11.5 Å². The molecule has 2 aromatic rings. The van der Waals surface area contributed by atoms with Crippen molar-refractivity contribution >= 4 is 21.6 Å². The van der Waals surface area contributed by atoms with E-state index in [1.54, 1.807) is 12.1 Å². The summed E-state index contributed by atoms with van der Waals surface area (Å²) < 4.78 is 12.3. The molecule has 4 heteroatoms. The second-order valence-corrected chi connectivity index (χ2v) is 4.61. The fourth-order valence-electron chi connectivity index (χ4n) is 1.50. The minimum absolute atomic E-state index is 0.592. The Morgan fingerprint density at radius 2 is 1.78 bits per heavy atom. The van der Waals surface area contributed by atoms with Crippen LogP contribution in [0.4, 0.5) is 5.69 Å². The minimum Gasteiger partial charge on any atom is -0.490 e. The van der Waals surface area contributed by atoms with E-state index >= 15 is 0 Å². The van der Waals surface area contributed by atoms with Gasteiger partial charge in [-0.25, -0.2) is 0 Å². The molecular formula is C14H14BrNO2. The number of rotatable bonds is 4. The Morgan fingerprint density at radius 3 is 2.44 bits per heavy atom. The van der Waals surface area contributed by atoms with Crippen molar-refractivity contribution in [1.29, 1.82) is 0 Å². The van der Waals surface area contributed by atoms with Crippen LogP contribution in [0.1, 0.15) is 6.92 Å². The van der Waals surface area contributed by atoms with Gasteiger partial charge >= 0.3 is 0 Å². The van der Waals surface area contributed by atoms with E-state index in [1.807, 2.05) is 37.3 Å². The first-order valence-corrected chi connectivity index (χ1v) is 6.44. The molecule has 0 saturated heterocycles. The molecule has 0 saturated carbocycles. The van der Waals surface area contributed by atoms with Gasteiger partial charge in [-0.3, -0.25) is 0 Å². The van der Waals surface area contributed by atoms with Crippen LogP contribution in [0.15, 0.2) is 46.9 Å². The number of hydrogen-bond acceptors (Lipinski definition) is 3. The second-order valence-electron chi connectivity index (χ2n) is 3.70. The number of halogens is 1. The molecule has 2 aromatic carbocycles. The normalized spacial score (nSPS) is 10.1. The molecule has 94 valence electrons. The van der Waals surface area contributed by atoms with E-state index in [4.69, 9.17) is 15.2 Å². The van der Waals surface area contributed by atoms with Crippen LogP contribution in [-0.2, 0) is 0 Å². The van der Waals surface area contributed by atoms with Crippen LogP contribution in [-0.4, -0.2) is 6.61 Å². The summed E-state index contributed by atoms with van der Waals surface area (Å²) >= 11 is 3.41. The summed E-state index contributed by atoms with van der Waals surface area (Å²) in [5.41, 5.74) is 6.34. The fraction of sp³-hybridized carbons (Fsp3) is 0.143. The molecule has 0 aromatic heterocycles. The highest BCUT2D eigenvalue weighted by molar-refractivity contribution is 9.10. The molecule has 0 aliphatic heterocycles. The topological polar surface area (TPSA) is 44.5 Å². The molecule has 2 N–H and O–H groups in total. The summed E-state index contributed by atoms with van der Waals surface area (Å²) in [5, 5.41) is 0. The number of nitrogen functional groups attached to an aromatic ring is 1. The number of benzene rings is 2. The maximum atomic E-state index is 5.77. The predicted octanol–water partition coefficient (Wildman–Crippen LogP) is 4.22. The van der Waals surface area contributed by atoms with Crippen LogP contribution in [0, 0.1) is 0 Å². The van der Waals surface area contributed by atoms with E-state index in [0.29, 0.717) is 23.8 Å². The number of hydrogen-bond donors (Lipinski definition) is 1. The molecule has 0 aliphatic rings. The summed E-state index contributed by atoms with van der Waals surface area (Å²) in [5.74, 6) is 2.13. The molecule has 3 nitrogen and oxygen atoms in total. The van der Waals surface area contributed by atoms with Crippen molar-refractivity contribution in [3.63, 3.8) is 0 Å². The quantitative estimate of drug-likeness (QED) is 0.860. The van der Waals surface area contributed by atoms with Crippen LogP contribution < -0.4 is 15.2 Å². The average molecular weight is 308 g/mol. The maximum absolute atomic E-state index is 5.77. The molecule has 0 spiro atoms. The molecule has 0 radical (unpaired) electrons. The van der Waals surface area contributed by atoms with Crippen LogP contribution in [0.2, 0.25) is 0 Å². The van der Waals surface area contributed by atoms with Gasteiger partial charge in [-0.15, -0.1) is 0 Å². The zero-order chi connectivity index (χ0) is 13.0. The third-order valence-corrected chi connectivity index (χ3v) is 2.81. The van der Waals surface area contributed by atoms with Gasteiger partial charge in [-0.1, -0.05) is 15.9 Å². The first kappa shape index (κ1) is 12.8. The largest absolute Gasteiger partial charge is 0.490 e. The molecule has 2 rings (SSSR count). The smallest absolute Gasteiger partial charge is 0.169 e. The van der Waals surface area contributed by atoms with Gasteiger partial charge in [0, 0.05) is 10.2 Å². The van der Waals surface area contributed by atoms with E-state index < -0.39 is 0 Å². The highest BCUT2D eigenvalue weighted by Gasteiger charge is 2.06. The molecule has 0 bridgehead atoms. The highest BCUT2D eigenvalue weighted by Crippen LogP contribution is 2.34. The van der Waals surface area contributed by atoms with Crippen molar-refractivity contribution in [2.24, 2.45) is 0 Å². The van der Waals surface area contributed by atoms with Crippen molar-refractivity contribution in [3.8, 4) is 17.2 Å². The van der Waals surface area contributed by atoms with E-state index in [9.17, 15) is 0 Å². The fourth-order valence-corrected chi connectivity index (χ4v) is 1.84. The monoisotopic (exact) mass is 307 g/mol. The van der Waals surface area contributed by atoms with Gasteiger partial charge in [0.05, 0.1) is 6.61 Å². The standard InChI is InChI=1S/C14H14BrNO2/c1-2-17-14-9-10(15)3-8-13(14)18-12-6-4-11(16)5-7-12/h3-9H,2,16H2,1H3. The van der Waals surface area contributed by atoms with E-state index in [2.05, 4.69) is 15.9 Å². The van der Waals surface area contributed by atoms with Crippen molar-refractivity contribution in [1.82, 2.24) is 0 Å². The zero-order valence-electron chi connectivity index (χ0n) is 10.0.